The van der Waals surface area contributed by atoms with Crippen molar-refractivity contribution in [3.63, 3.8) is 0 Å². The van der Waals surface area contributed by atoms with Crippen LogP contribution in [0.2, 0.25) is 0 Å². The van der Waals surface area contributed by atoms with Gasteiger partial charge in [-0.1, -0.05) is 0 Å². The molecule has 1 N–H and O–H groups in total. The van der Waals surface area contributed by atoms with Crippen LogP contribution in [0.1, 0.15) is 11.3 Å². The van der Waals surface area contributed by atoms with Crippen LogP contribution in [-0.4, -0.2) is 25.9 Å². The minimum atomic E-state index is 0.869. The highest BCUT2D eigenvalue weighted by atomic mass is 15.2. The largest absolute Gasteiger partial charge is 0.336 e. The maximum absolute atomic E-state index is 4.30. The first-order chi connectivity index (χ1) is 7.75. The Morgan fingerprint density at radius 3 is 2.94 bits per heavy atom. The average Bonchev–Trinajstić information content (AvgIpc) is 2.84. The molecule has 5 nitrogen and oxygen atoms in total. The zero-order chi connectivity index (χ0) is 11.4. The molecular formula is C11H17N5. The molecule has 0 aliphatic heterocycles. The highest BCUT2D eigenvalue weighted by Crippen LogP contribution is 2.03. The van der Waals surface area contributed by atoms with Gasteiger partial charge in [0.05, 0.1) is 12.0 Å². The van der Waals surface area contributed by atoms with E-state index in [1.54, 1.807) is 6.20 Å². The van der Waals surface area contributed by atoms with Crippen molar-refractivity contribution in [1.82, 2.24) is 24.6 Å². The van der Waals surface area contributed by atoms with Crippen LogP contribution in [0.5, 0.6) is 0 Å². The van der Waals surface area contributed by atoms with Gasteiger partial charge < -0.3 is 9.88 Å². The third-order valence-electron chi connectivity index (χ3n) is 2.54. The third-order valence-corrected chi connectivity index (χ3v) is 2.54. The van der Waals surface area contributed by atoms with Crippen molar-refractivity contribution in [1.29, 1.82) is 0 Å². The predicted molar refractivity (Wildman–Crippen MR) is 61.9 cm³/mol. The van der Waals surface area contributed by atoms with Crippen LogP contribution in [-0.2, 0) is 20.1 Å². The molecule has 0 radical (unpaired) electrons. The van der Waals surface area contributed by atoms with E-state index in [4.69, 9.17) is 0 Å². The summed E-state index contributed by atoms with van der Waals surface area (Å²) in [7, 11) is 1.95. The summed E-state index contributed by atoms with van der Waals surface area (Å²) in [6.45, 7) is 4.78. The number of hydrogen-bond donors (Lipinski definition) is 1. The van der Waals surface area contributed by atoms with Crippen LogP contribution < -0.4 is 5.32 Å². The average molecular weight is 219 g/mol. The van der Waals surface area contributed by atoms with Gasteiger partial charge in [-0.05, 0) is 6.92 Å². The molecule has 0 spiro atoms. The minimum absolute atomic E-state index is 0.869. The molecule has 2 heterocycles. The molecule has 5 heteroatoms. The Morgan fingerprint density at radius 1 is 1.44 bits per heavy atom. The molecule has 86 valence electrons. The van der Waals surface area contributed by atoms with Gasteiger partial charge in [0, 0.05) is 50.8 Å². The molecule has 0 bridgehead atoms. The molecule has 0 amide bonds. The van der Waals surface area contributed by atoms with Crippen molar-refractivity contribution in [2.24, 2.45) is 7.05 Å². The SMILES string of the molecule is Cc1nn(C)cc1CNCCn1ccnc1. The lowest BCUT2D eigenvalue weighted by atomic mass is 10.2. The Bertz CT molecular complexity index is 429. The number of nitrogens with one attached hydrogen (secondary N) is 1. The fourth-order valence-corrected chi connectivity index (χ4v) is 1.67. The Labute approximate surface area is 95.1 Å². The van der Waals surface area contributed by atoms with Crippen LogP contribution in [0.3, 0.4) is 0 Å². The fourth-order valence-electron chi connectivity index (χ4n) is 1.67. The van der Waals surface area contributed by atoms with E-state index in [1.807, 2.05) is 31.2 Å². The molecular weight excluding hydrogens is 202 g/mol. The summed E-state index contributed by atoms with van der Waals surface area (Å²) in [5.74, 6) is 0. The van der Waals surface area contributed by atoms with Crippen molar-refractivity contribution in [3.05, 3.63) is 36.2 Å². The summed E-state index contributed by atoms with van der Waals surface area (Å²) < 4.78 is 3.91. The van der Waals surface area contributed by atoms with E-state index in [0.717, 1.165) is 25.3 Å². The summed E-state index contributed by atoms with van der Waals surface area (Å²) >= 11 is 0. The molecule has 2 rings (SSSR count). The molecule has 2 aromatic heterocycles. The van der Waals surface area contributed by atoms with E-state index in [-0.39, 0.29) is 0 Å². The zero-order valence-electron chi connectivity index (χ0n) is 9.72. The quantitative estimate of drug-likeness (QED) is 0.754. The summed E-state index contributed by atoms with van der Waals surface area (Å²) in [4.78, 5) is 4.00. The second-order valence-electron chi connectivity index (χ2n) is 3.89. The lowest BCUT2D eigenvalue weighted by Gasteiger charge is -2.04. The van der Waals surface area contributed by atoms with Crippen molar-refractivity contribution in [2.45, 2.75) is 20.0 Å². The summed E-state index contributed by atoms with van der Waals surface area (Å²) in [6.07, 6.45) is 7.65. The lowest BCUT2D eigenvalue weighted by molar-refractivity contribution is 0.596. The maximum atomic E-state index is 4.30. The van der Waals surface area contributed by atoms with Gasteiger partial charge in [0.15, 0.2) is 0 Å². The third kappa shape index (κ3) is 2.70. The van der Waals surface area contributed by atoms with E-state index in [0.29, 0.717) is 0 Å². The second kappa shape index (κ2) is 4.94. The topological polar surface area (TPSA) is 47.7 Å². The molecule has 0 atom stereocenters. The zero-order valence-corrected chi connectivity index (χ0v) is 9.72. The summed E-state index contributed by atoms with van der Waals surface area (Å²) in [6, 6.07) is 0. The Morgan fingerprint density at radius 2 is 2.31 bits per heavy atom. The Hall–Kier alpha value is -1.62. The molecule has 2 aromatic rings. The maximum Gasteiger partial charge on any atom is 0.0946 e. The van der Waals surface area contributed by atoms with E-state index in [1.165, 1.54) is 5.56 Å². The van der Waals surface area contributed by atoms with Crippen molar-refractivity contribution in [2.75, 3.05) is 6.54 Å². The molecule has 0 aliphatic rings. The monoisotopic (exact) mass is 219 g/mol. The molecule has 0 saturated carbocycles. The van der Waals surface area contributed by atoms with Gasteiger partial charge in [-0.25, -0.2) is 4.98 Å². The fraction of sp³-hybridized carbons (Fsp3) is 0.455. The lowest BCUT2D eigenvalue weighted by Crippen LogP contribution is -2.19. The van der Waals surface area contributed by atoms with Crippen LogP contribution in [0.25, 0.3) is 0 Å². The summed E-state index contributed by atoms with van der Waals surface area (Å²) in [5, 5.41) is 7.69. The van der Waals surface area contributed by atoms with Crippen LogP contribution in [0.15, 0.2) is 24.9 Å². The van der Waals surface area contributed by atoms with Gasteiger partial charge in [-0.2, -0.15) is 5.10 Å². The number of imidazole rings is 1. The first-order valence-electron chi connectivity index (χ1n) is 5.41. The van der Waals surface area contributed by atoms with Gasteiger partial charge in [0.2, 0.25) is 0 Å². The minimum Gasteiger partial charge on any atom is -0.336 e. The van der Waals surface area contributed by atoms with Gasteiger partial charge in [0.25, 0.3) is 0 Å². The predicted octanol–water partition coefficient (Wildman–Crippen LogP) is 0.715. The van der Waals surface area contributed by atoms with Gasteiger partial charge in [-0.3, -0.25) is 4.68 Å². The molecule has 0 aliphatic carbocycles. The Balaban J connectivity index is 1.74. The molecule has 0 saturated heterocycles. The molecule has 0 unspecified atom stereocenters. The number of aromatic nitrogens is 4. The van der Waals surface area contributed by atoms with Crippen LogP contribution >= 0.6 is 0 Å². The standard InChI is InChI=1S/C11H17N5/c1-10-11(8-15(2)14-10)7-12-3-5-16-6-4-13-9-16/h4,6,8-9,12H,3,5,7H2,1-2H3. The number of hydrogen-bond acceptors (Lipinski definition) is 3. The first-order valence-corrected chi connectivity index (χ1v) is 5.41. The van der Waals surface area contributed by atoms with Gasteiger partial charge in [-0.15, -0.1) is 0 Å². The first kappa shape index (κ1) is 10.9. The summed E-state index contributed by atoms with van der Waals surface area (Å²) in [5.41, 5.74) is 2.35. The molecule has 0 aromatic carbocycles. The van der Waals surface area contributed by atoms with Crippen LogP contribution in [0.4, 0.5) is 0 Å². The highest BCUT2D eigenvalue weighted by molar-refractivity contribution is 5.14. The molecule has 16 heavy (non-hydrogen) atoms. The van der Waals surface area contributed by atoms with E-state index in [9.17, 15) is 0 Å². The van der Waals surface area contributed by atoms with Crippen molar-refractivity contribution < 1.29 is 0 Å². The van der Waals surface area contributed by atoms with Crippen molar-refractivity contribution >= 4 is 0 Å². The van der Waals surface area contributed by atoms with E-state index >= 15 is 0 Å². The highest BCUT2D eigenvalue weighted by Gasteiger charge is 2.01. The van der Waals surface area contributed by atoms with Crippen molar-refractivity contribution in [3.8, 4) is 0 Å². The number of nitrogens with zero attached hydrogens (tertiary/aromatic N) is 4. The van der Waals surface area contributed by atoms with E-state index in [2.05, 4.69) is 26.2 Å². The number of aryl methyl sites for hydroxylation is 2. The van der Waals surface area contributed by atoms with Gasteiger partial charge in [0.1, 0.15) is 0 Å². The molecule has 0 fully saturated rings. The normalized spacial score (nSPS) is 10.9. The second-order valence-corrected chi connectivity index (χ2v) is 3.89. The van der Waals surface area contributed by atoms with E-state index < -0.39 is 0 Å². The van der Waals surface area contributed by atoms with Crippen LogP contribution in [0, 0.1) is 6.92 Å². The van der Waals surface area contributed by atoms with Gasteiger partial charge >= 0.3 is 0 Å². The number of rotatable bonds is 5. The Kier molecular flexibility index (Phi) is 3.36. The smallest absolute Gasteiger partial charge is 0.0946 e.